The number of fused-ring (bicyclic) bond motifs is 1. The average molecular weight is 497 g/mol. The minimum atomic E-state index is -1.46. The topological polar surface area (TPSA) is 92.8 Å². The van der Waals surface area contributed by atoms with Crippen molar-refractivity contribution in [3.05, 3.63) is 101 Å². The third kappa shape index (κ3) is 3.96. The maximum Gasteiger partial charge on any atom is 0.327 e. The third-order valence-corrected chi connectivity index (χ3v) is 7.56. The van der Waals surface area contributed by atoms with Crippen molar-refractivity contribution in [2.75, 3.05) is 12.0 Å². The molecule has 0 aliphatic carbocycles. The van der Waals surface area contributed by atoms with Crippen molar-refractivity contribution in [2.45, 2.75) is 31.8 Å². The molecule has 0 bridgehead atoms. The van der Waals surface area contributed by atoms with Gasteiger partial charge in [0.25, 0.3) is 0 Å². The molecule has 1 N–H and O–H groups in total. The molecule has 2 saturated heterocycles. The maximum atomic E-state index is 14.1. The molecule has 2 aliphatic heterocycles. The molecule has 3 aromatic rings. The smallest absolute Gasteiger partial charge is 0.327 e. The summed E-state index contributed by atoms with van der Waals surface area (Å²) >= 11 is 0. The summed E-state index contributed by atoms with van der Waals surface area (Å²) in [5.74, 6) is -3.50. The number of esters is 1. The number of nitrogens with zero attached hydrogens (tertiary/aromatic N) is 1. The fraction of sp³-hybridized carbons (Fsp3) is 0.267. The lowest BCUT2D eigenvalue weighted by Crippen LogP contribution is -2.57. The van der Waals surface area contributed by atoms with Crippen molar-refractivity contribution in [3.8, 4) is 0 Å². The Hall–Kier alpha value is -4.10. The van der Waals surface area contributed by atoms with Gasteiger partial charge in [-0.3, -0.25) is 24.5 Å². The summed E-state index contributed by atoms with van der Waals surface area (Å²) in [6.45, 7) is 3.37. The number of ether oxygens (including phenoxy) is 1. The highest BCUT2D eigenvalue weighted by molar-refractivity contribution is 6.24. The molecule has 7 heteroatoms. The molecule has 2 fully saturated rings. The van der Waals surface area contributed by atoms with E-state index in [1.54, 1.807) is 24.3 Å². The lowest BCUT2D eigenvalue weighted by Gasteiger charge is -2.33. The van der Waals surface area contributed by atoms with Gasteiger partial charge in [-0.1, -0.05) is 66.7 Å². The molecule has 0 radical (unpaired) electrons. The Morgan fingerprint density at radius 2 is 1.65 bits per heavy atom. The molecule has 2 heterocycles. The molecular weight excluding hydrogens is 468 g/mol. The summed E-state index contributed by atoms with van der Waals surface area (Å²) in [6.07, 6.45) is 0.171. The summed E-state index contributed by atoms with van der Waals surface area (Å²) in [4.78, 5) is 54.9. The summed E-state index contributed by atoms with van der Waals surface area (Å²) in [5, 5.41) is 3.43. The Labute approximate surface area is 215 Å². The first-order valence-electron chi connectivity index (χ1n) is 12.2. The molecule has 0 saturated carbocycles. The monoisotopic (exact) mass is 496 g/mol. The molecule has 37 heavy (non-hydrogen) atoms. The van der Waals surface area contributed by atoms with E-state index >= 15 is 0 Å². The number of amides is 2. The van der Waals surface area contributed by atoms with E-state index in [0.717, 1.165) is 21.6 Å². The SMILES string of the molecule is COC(=O)[C@@]1(Cc2ccccc2)N[C@@H](c2ccccc2C)[C@H]2C(=O)N(c3cccc(C(C)=O)c3)C(=O)[C@H]21. The first-order chi connectivity index (χ1) is 17.8. The molecule has 0 unspecified atom stereocenters. The van der Waals surface area contributed by atoms with Gasteiger partial charge in [0.1, 0.15) is 5.54 Å². The van der Waals surface area contributed by atoms with Gasteiger partial charge in [0, 0.05) is 18.0 Å². The molecular formula is C30H28N2O5. The molecule has 7 nitrogen and oxygen atoms in total. The molecule has 0 aromatic heterocycles. The minimum Gasteiger partial charge on any atom is -0.468 e. The summed E-state index contributed by atoms with van der Waals surface area (Å²) < 4.78 is 5.28. The number of hydrogen-bond acceptors (Lipinski definition) is 6. The first kappa shape index (κ1) is 24.6. The zero-order valence-corrected chi connectivity index (χ0v) is 20.9. The molecule has 188 valence electrons. The molecule has 3 aromatic carbocycles. The van der Waals surface area contributed by atoms with Gasteiger partial charge in [0.05, 0.1) is 24.6 Å². The Morgan fingerprint density at radius 1 is 0.946 bits per heavy atom. The van der Waals surface area contributed by atoms with Gasteiger partial charge in [0.2, 0.25) is 11.8 Å². The minimum absolute atomic E-state index is 0.171. The van der Waals surface area contributed by atoms with Crippen LogP contribution in [0, 0.1) is 18.8 Å². The van der Waals surface area contributed by atoms with Crippen molar-refractivity contribution in [2.24, 2.45) is 11.8 Å². The Kier molecular flexibility index (Phi) is 6.25. The number of rotatable bonds is 6. The number of benzene rings is 3. The normalized spacial score (nSPS) is 24.7. The fourth-order valence-corrected chi connectivity index (χ4v) is 5.85. The van der Waals surface area contributed by atoms with Crippen molar-refractivity contribution in [1.82, 2.24) is 5.32 Å². The molecule has 0 spiro atoms. The van der Waals surface area contributed by atoms with Crippen LogP contribution in [0.5, 0.6) is 0 Å². The van der Waals surface area contributed by atoms with Gasteiger partial charge in [-0.25, -0.2) is 4.90 Å². The Balaban J connectivity index is 1.69. The van der Waals surface area contributed by atoms with Gasteiger partial charge in [-0.15, -0.1) is 0 Å². The highest BCUT2D eigenvalue weighted by atomic mass is 16.5. The number of methoxy groups -OCH3 is 1. The standard InChI is InChI=1S/C30H28N2O5/c1-18-10-7-8-15-23(18)26-24-25(30(31-26,29(36)37-3)17-20-11-5-4-6-12-20)28(35)32(27(24)34)22-14-9-13-21(16-22)19(2)33/h4-16,24-26,31H,17H2,1-3H3/t24-,25-,26-,30-/m0/s1. The van der Waals surface area contributed by atoms with E-state index in [2.05, 4.69) is 5.32 Å². The number of Topliss-reactive ketones (excluding diaryl/α,β-unsaturated/α-hetero) is 1. The van der Waals surface area contributed by atoms with Crippen molar-refractivity contribution in [1.29, 1.82) is 0 Å². The van der Waals surface area contributed by atoms with Gasteiger partial charge in [-0.05, 0) is 42.7 Å². The number of nitrogens with one attached hydrogen (secondary N) is 1. The van der Waals surface area contributed by atoms with Crippen LogP contribution in [0.15, 0.2) is 78.9 Å². The molecule has 4 atom stereocenters. The predicted octanol–water partition coefficient (Wildman–Crippen LogP) is 3.80. The van der Waals surface area contributed by atoms with Crippen LogP contribution in [0.1, 0.15) is 40.0 Å². The van der Waals surface area contributed by atoms with Crippen LogP contribution in [0.4, 0.5) is 5.69 Å². The summed E-state index contributed by atoms with van der Waals surface area (Å²) in [7, 11) is 1.29. The largest absolute Gasteiger partial charge is 0.468 e. The number of anilines is 1. The average Bonchev–Trinajstić information content (AvgIpc) is 3.38. The van der Waals surface area contributed by atoms with E-state index in [4.69, 9.17) is 4.74 Å². The highest BCUT2D eigenvalue weighted by Crippen LogP contribution is 2.51. The van der Waals surface area contributed by atoms with E-state index in [0.29, 0.717) is 11.3 Å². The third-order valence-electron chi connectivity index (χ3n) is 7.56. The maximum absolute atomic E-state index is 14.1. The number of aryl methyl sites for hydroxylation is 1. The van der Waals surface area contributed by atoms with E-state index < -0.39 is 41.2 Å². The highest BCUT2D eigenvalue weighted by Gasteiger charge is 2.69. The van der Waals surface area contributed by atoms with Crippen LogP contribution in [0.3, 0.4) is 0 Å². The van der Waals surface area contributed by atoms with E-state index in [9.17, 15) is 19.2 Å². The van der Waals surface area contributed by atoms with Crippen LogP contribution >= 0.6 is 0 Å². The van der Waals surface area contributed by atoms with Crippen LogP contribution in [-0.4, -0.2) is 36.2 Å². The fourth-order valence-electron chi connectivity index (χ4n) is 5.85. The van der Waals surface area contributed by atoms with Crippen molar-refractivity contribution >= 4 is 29.3 Å². The lowest BCUT2D eigenvalue weighted by atomic mass is 9.76. The van der Waals surface area contributed by atoms with Crippen LogP contribution < -0.4 is 10.2 Å². The second-order valence-electron chi connectivity index (χ2n) is 9.73. The Morgan fingerprint density at radius 3 is 2.32 bits per heavy atom. The molecule has 2 aliphatic rings. The second kappa shape index (κ2) is 9.41. The number of hydrogen-bond donors (Lipinski definition) is 1. The number of carbonyl (C=O) groups is 4. The van der Waals surface area contributed by atoms with Gasteiger partial charge in [-0.2, -0.15) is 0 Å². The zero-order valence-electron chi connectivity index (χ0n) is 20.9. The number of imide groups is 1. The van der Waals surface area contributed by atoms with Crippen molar-refractivity contribution < 1.29 is 23.9 Å². The van der Waals surface area contributed by atoms with Crippen molar-refractivity contribution in [3.63, 3.8) is 0 Å². The van der Waals surface area contributed by atoms with Crippen LogP contribution in [0.2, 0.25) is 0 Å². The van der Waals surface area contributed by atoms with Crippen LogP contribution in [-0.2, 0) is 25.5 Å². The summed E-state index contributed by atoms with van der Waals surface area (Å²) in [5.41, 5.74) is 1.87. The van der Waals surface area contributed by atoms with E-state index in [-0.39, 0.29) is 12.2 Å². The van der Waals surface area contributed by atoms with E-state index in [1.165, 1.54) is 14.0 Å². The van der Waals surface area contributed by atoms with Gasteiger partial charge >= 0.3 is 5.97 Å². The zero-order chi connectivity index (χ0) is 26.3. The van der Waals surface area contributed by atoms with Gasteiger partial charge < -0.3 is 4.74 Å². The Bertz CT molecular complexity index is 1400. The second-order valence-corrected chi connectivity index (χ2v) is 9.73. The summed E-state index contributed by atoms with van der Waals surface area (Å²) in [6, 6.07) is 22.9. The van der Waals surface area contributed by atoms with Gasteiger partial charge in [0.15, 0.2) is 5.78 Å². The van der Waals surface area contributed by atoms with Crippen LogP contribution in [0.25, 0.3) is 0 Å². The predicted molar refractivity (Wildman–Crippen MR) is 138 cm³/mol. The first-order valence-corrected chi connectivity index (χ1v) is 12.2. The lowest BCUT2D eigenvalue weighted by molar-refractivity contribution is -0.152. The van der Waals surface area contributed by atoms with E-state index in [1.807, 2.05) is 61.5 Å². The number of ketones is 1. The molecule has 2 amide bonds. The molecule has 5 rings (SSSR count). The quantitative estimate of drug-likeness (QED) is 0.317. The number of carbonyl (C=O) groups excluding carboxylic acids is 4.